The molecule has 2 aliphatic heterocycles. The number of fused-ring (bicyclic) bond motifs is 2. The van der Waals surface area contributed by atoms with Crippen molar-refractivity contribution in [1.29, 1.82) is 5.41 Å². The van der Waals surface area contributed by atoms with E-state index in [2.05, 4.69) is 73.4 Å². The fraction of sp³-hybridized carbons (Fsp3) is 0.568. The first-order valence-corrected chi connectivity index (χ1v) is 42.3. The van der Waals surface area contributed by atoms with Crippen molar-refractivity contribution in [1.82, 2.24) is 97.9 Å². The number of imidazole rings is 1. The normalized spacial score (nSPS) is 24.3. The molecular formula is C81H121N23O18S. The minimum absolute atomic E-state index is 0.00407. The number of carbonyl (C=O) groups is 17. The number of likely N-dealkylation sites (N-methyl/N-ethyl adjacent to an activating group) is 4. The molecule has 2 aromatic heterocycles. The molecule has 2 saturated heterocycles. The molecule has 123 heavy (non-hydrogen) atoms. The third kappa shape index (κ3) is 30.4. The lowest BCUT2D eigenvalue weighted by molar-refractivity contribution is -0.149. The lowest BCUT2D eigenvalue weighted by Crippen LogP contribution is -2.61. The number of amides is 17. The Morgan fingerprint density at radius 1 is 0.585 bits per heavy atom. The zero-order chi connectivity index (χ0) is 90.9. The van der Waals surface area contributed by atoms with Crippen LogP contribution in [0.5, 0.6) is 0 Å². The van der Waals surface area contributed by atoms with Gasteiger partial charge in [-0.2, -0.15) is 0 Å². The van der Waals surface area contributed by atoms with E-state index >= 15 is 14.4 Å². The van der Waals surface area contributed by atoms with Gasteiger partial charge in [0.05, 0.1) is 38.2 Å². The number of aliphatic hydroxyl groups excluding tert-OH is 1. The first-order valence-electron chi connectivity index (χ1n) is 41.1. The maximum atomic E-state index is 15.4. The molecule has 0 aliphatic carbocycles. The Balaban J connectivity index is 1.41. The molecule has 0 spiro atoms. The van der Waals surface area contributed by atoms with Gasteiger partial charge in [0.25, 0.3) is 0 Å². The summed E-state index contributed by atoms with van der Waals surface area (Å²) in [6.45, 7) is 7.26. The molecule has 6 rings (SSSR count). The maximum Gasteiger partial charge on any atom is 0.246 e. The standard InChI is InChI=1S/C81H121N23O18S/c1-11-13-27-61-74(116)93-53(26-20-30-87-81(84)85)71(113)99-60(70(112)89-39-65(83)107)42-123-43-67(109)92-56(33-48-22-16-15-17-23-48)77(119)101(8)47(6)69(111)95-58(36-64(82)106)79(121)104-31-21-29-62(104)75(117)94-54(35-50-38-86-44-90-50)72(114)96-55(32-45(3)4)76(118)100(7)40-66(108)91-46(5)68(110)98-59(41-105)73(115)97-57(34-49-37-88-52-25-19-18-24-51(49)52)78(120)103(10)63(28-14-12-2)80(122)102(61)9/h15-19,22-25,37-38,44-47,53-63,88,105H,11-14,20-21,26-36,39-43H2,1-10H3,(H2,82,106)(H2,83,107)(H,86,90)(H,89,112)(H,91,108)(H,92,109)(H,93,116)(H,94,117)(H,95,111)(H,96,114)(H,97,115)(H,98,110)(H,99,113)(H4,84,85,87). The van der Waals surface area contributed by atoms with Crippen LogP contribution in [0.2, 0.25) is 0 Å². The number of nitrogens with zero attached hydrogens (tertiary/aromatic N) is 6. The number of hydrogen-bond acceptors (Lipinski definition) is 21. The Morgan fingerprint density at radius 2 is 1.19 bits per heavy atom. The second-order valence-electron chi connectivity index (χ2n) is 31.3. The van der Waals surface area contributed by atoms with Gasteiger partial charge in [-0.3, -0.25) is 86.9 Å². The summed E-state index contributed by atoms with van der Waals surface area (Å²) in [6.07, 6.45) is 4.79. The van der Waals surface area contributed by atoms with Gasteiger partial charge >= 0.3 is 0 Å². The van der Waals surface area contributed by atoms with Gasteiger partial charge in [0.1, 0.15) is 78.5 Å². The van der Waals surface area contributed by atoms with Gasteiger partial charge < -0.3 is 115 Å². The van der Waals surface area contributed by atoms with E-state index in [1.165, 1.54) is 54.6 Å². The number of aliphatic hydroxyl groups is 1. The van der Waals surface area contributed by atoms with Crippen molar-refractivity contribution < 1.29 is 86.6 Å². The Hall–Kier alpha value is -12.2. The largest absolute Gasteiger partial charge is 0.394 e. The summed E-state index contributed by atoms with van der Waals surface area (Å²) < 4.78 is 0. The number of H-pyrrole nitrogens is 2. The van der Waals surface area contributed by atoms with E-state index in [1.807, 2.05) is 13.8 Å². The number of hydrogen-bond donors (Lipinski definition) is 18. The van der Waals surface area contributed by atoms with Crippen molar-refractivity contribution in [2.75, 3.05) is 72.5 Å². The predicted molar refractivity (Wildman–Crippen MR) is 453 cm³/mol. The number of aromatic amines is 2. The van der Waals surface area contributed by atoms with Gasteiger partial charge in [-0.15, -0.1) is 11.8 Å². The number of aromatic nitrogens is 3. The molecule has 2 aromatic carbocycles. The highest BCUT2D eigenvalue weighted by atomic mass is 32.2. The van der Waals surface area contributed by atoms with Crippen molar-refractivity contribution in [3.8, 4) is 0 Å². The molecule has 0 saturated carbocycles. The van der Waals surface area contributed by atoms with Gasteiger partial charge in [-0.25, -0.2) is 4.98 Å². The summed E-state index contributed by atoms with van der Waals surface area (Å²) in [4.78, 5) is 259. The van der Waals surface area contributed by atoms with Crippen LogP contribution in [0, 0.1) is 11.3 Å². The molecule has 2 fully saturated rings. The van der Waals surface area contributed by atoms with E-state index in [1.54, 1.807) is 74.6 Å². The summed E-state index contributed by atoms with van der Waals surface area (Å²) >= 11 is 0.796. The molecule has 0 radical (unpaired) electrons. The van der Waals surface area contributed by atoms with Crippen molar-refractivity contribution in [3.63, 3.8) is 0 Å². The summed E-state index contributed by atoms with van der Waals surface area (Å²) in [7, 11) is 5.22. The van der Waals surface area contributed by atoms with Crippen LogP contribution in [0.3, 0.4) is 0 Å². The SMILES string of the molecule is CCCCC1C(=O)N(C)C(CCCC)C(=O)NC(CCCNC(=N)N)C(=O)NC(C(=O)NCC(N)=O)CSCC(=O)NC(Cc2ccccc2)C(=O)N(C)C(C)C(=O)NC(CC(N)=O)C(=O)N2CCCC2C(=O)NC(Cc2cnc[nH]2)C(=O)NC(CC(C)C)C(=O)N(C)CC(=O)NC(C)C(=O)NC(CO)C(=O)NC(Cc2c[nH]c3ccccc23)C(=O)N1C. The quantitative estimate of drug-likeness (QED) is 0.0181. The predicted octanol–water partition coefficient (Wildman–Crippen LogP) is -3.84. The number of unbranched alkanes of at least 4 members (excludes halogenated alkanes) is 2. The van der Waals surface area contributed by atoms with E-state index in [-0.39, 0.29) is 83.2 Å². The third-order valence-electron chi connectivity index (χ3n) is 21.2. The van der Waals surface area contributed by atoms with E-state index in [4.69, 9.17) is 22.6 Å². The fourth-order valence-electron chi connectivity index (χ4n) is 14.2. The highest BCUT2D eigenvalue weighted by molar-refractivity contribution is 8.00. The smallest absolute Gasteiger partial charge is 0.246 e. The highest BCUT2D eigenvalue weighted by Crippen LogP contribution is 2.25. The second kappa shape index (κ2) is 49.0. The third-order valence-corrected chi connectivity index (χ3v) is 22.2. The van der Waals surface area contributed by atoms with Crippen LogP contribution in [-0.4, -0.2) is 302 Å². The molecule has 4 aromatic rings. The van der Waals surface area contributed by atoms with E-state index in [0.717, 1.165) is 36.3 Å². The number of thioether (sulfide) groups is 1. The molecule has 41 nitrogen and oxygen atoms in total. The van der Waals surface area contributed by atoms with Gasteiger partial charge in [-0.05, 0) is 81.9 Å². The van der Waals surface area contributed by atoms with Crippen LogP contribution in [0.1, 0.15) is 135 Å². The molecule has 13 atom stereocenters. The van der Waals surface area contributed by atoms with Crippen LogP contribution in [0.4, 0.5) is 0 Å². The molecule has 0 bridgehead atoms. The number of nitrogens with two attached hydrogens (primary N) is 3. The molecule has 21 N–H and O–H groups in total. The first kappa shape index (κ1) is 99.6. The molecule has 2 aliphatic rings. The summed E-state index contributed by atoms with van der Waals surface area (Å²) in [5.41, 5.74) is 18.8. The Kier molecular flexibility index (Phi) is 39.7. The van der Waals surface area contributed by atoms with Crippen LogP contribution in [0.25, 0.3) is 10.9 Å². The van der Waals surface area contributed by atoms with Crippen LogP contribution in [-0.2, 0) is 101 Å². The molecule has 42 heteroatoms. The van der Waals surface area contributed by atoms with Crippen LogP contribution < -0.4 is 75.7 Å². The fourth-order valence-corrected chi connectivity index (χ4v) is 15.1. The Labute approximate surface area is 717 Å². The van der Waals surface area contributed by atoms with Crippen molar-refractivity contribution in [2.24, 2.45) is 23.1 Å². The van der Waals surface area contributed by atoms with E-state index in [0.29, 0.717) is 53.4 Å². The van der Waals surface area contributed by atoms with E-state index in [9.17, 15) is 72.2 Å². The summed E-state index contributed by atoms with van der Waals surface area (Å²) in [5.74, 6) is -17.0. The Morgan fingerprint density at radius 3 is 1.83 bits per heavy atom. The van der Waals surface area contributed by atoms with E-state index < -0.39 is 223 Å². The van der Waals surface area contributed by atoms with Crippen molar-refractivity contribution in [2.45, 2.75) is 216 Å². The first-order chi connectivity index (χ1) is 58.4. The zero-order valence-electron chi connectivity index (χ0n) is 71.3. The van der Waals surface area contributed by atoms with Crippen molar-refractivity contribution in [3.05, 3.63) is 90.1 Å². The lowest BCUT2D eigenvalue weighted by Gasteiger charge is -2.36. The molecular weight excluding hydrogens is 1620 g/mol. The average Bonchev–Trinajstić information content (AvgIpc) is 1.76. The lowest BCUT2D eigenvalue weighted by atomic mass is 10.00. The zero-order valence-corrected chi connectivity index (χ0v) is 72.1. The summed E-state index contributed by atoms with van der Waals surface area (Å²) in [5, 5.41) is 47.8. The second-order valence-corrected chi connectivity index (χ2v) is 32.3. The highest BCUT2D eigenvalue weighted by Gasteiger charge is 2.44. The Bertz CT molecular complexity index is 4360. The van der Waals surface area contributed by atoms with Gasteiger partial charge in [0, 0.05) is 95.3 Å². The topological polar surface area (TPSA) is 605 Å². The van der Waals surface area contributed by atoms with Crippen molar-refractivity contribution >= 4 is 129 Å². The maximum absolute atomic E-state index is 15.4. The van der Waals surface area contributed by atoms with Crippen LogP contribution in [0.15, 0.2) is 73.3 Å². The molecule has 4 heterocycles. The monoisotopic (exact) mass is 1740 g/mol. The average molecular weight is 1740 g/mol. The number of rotatable bonds is 24. The number of benzene rings is 2. The van der Waals surface area contributed by atoms with Gasteiger partial charge in [-0.1, -0.05) is 102 Å². The minimum atomic E-state index is -1.78. The number of primary amides is 2. The van der Waals surface area contributed by atoms with Crippen LogP contribution >= 0.6 is 11.8 Å². The summed E-state index contributed by atoms with van der Waals surface area (Å²) in [6, 6.07) is -3.82. The molecule has 13 unspecified atom stereocenters. The molecule has 674 valence electrons. The van der Waals surface area contributed by atoms with Gasteiger partial charge in [0.2, 0.25) is 100 Å². The minimum Gasteiger partial charge on any atom is -0.394 e. The number of guanidine groups is 1. The number of nitrogens with one attached hydrogen (secondary N) is 14. The number of para-hydroxylation sites is 1. The number of carbonyl (C=O) groups excluding carboxylic acids is 17. The molecule has 17 amide bonds. The van der Waals surface area contributed by atoms with Gasteiger partial charge in [0.15, 0.2) is 5.96 Å².